The minimum absolute atomic E-state index is 0.00509. The van der Waals surface area contributed by atoms with Crippen molar-refractivity contribution in [1.29, 1.82) is 5.26 Å². The fourth-order valence-corrected chi connectivity index (χ4v) is 2.56. The van der Waals surface area contributed by atoms with E-state index in [4.69, 9.17) is 5.26 Å². The summed E-state index contributed by atoms with van der Waals surface area (Å²) in [5.74, 6) is 0.0405. The van der Waals surface area contributed by atoms with E-state index in [1.54, 1.807) is 25.2 Å². The van der Waals surface area contributed by atoms with Gasteiger partial charge in [-0.25, -0.2) is 0 Å². The van der Waals surface area contributed by atoms with Gasteiger partial charge >= 0.3 is 0 Å². The first-order valence-corrected chi connectivity index (χ1v) is 7.24. The second-order valence-corrected chi connectivity index (χ2v) is 5.37. The number of hydrogen-bond donors (Lipinski definition) is 2. The molecule has 0 atom stereocenters. The van der Waals surface area contributed by atoms with Crippen LogP contribution in [-0.4, -0.2) is 21.6 Å². The molecule has 1 aromatic heterocycles. The fraction of sp³-hybridized carbons (Fsp3) is 0.250. The Morgan fingerprint density at radius 1 is 1.43 bits per heavy atom. The molecule has 0 unspecified atom stereocenters. The molecule has 0 spiro atoms. The number of carbonyl (C=O) groups excluding carboxylic acids is 2. The Balaban J connectivity index is 1.86. The lowest BCUT2D eigenvalue weighted by atomic mass is 10.0. The minimum Gasteiger partial charge on any atom is -0.326 e. The Morgan fingerprint density at radius 3 is 3.04 bits per heavy atom. The van der Waals surface area contributed by atoms with Gasteiger partial charge in [-0.05, 0) is 36.6 Å². The number of anilines is 2. The lowest BCUT2D eigenvalue weighted by Gasteiger charge is -2.10. The zero-order valence-electron chi connectivity index (χ0n) is 12.6. The van der Waals surface area contributed by atoms with Crippen LogP contribution >= 0.6 is 0 Å². The highest BCUT2D eigenvalue weighted by Gasteiger charge is 2.17. The third-order valence-electron chi connectivity index (χ3n) is 3.78. The maximum atomic E-state index is 12.4. The Morgan fingerprint density at radius 2 is 2.26 bits per heavy atom. The van der Waals surface area contributed by atoms with Gasteiger partial charge in [0, 0.05) is 24.7 Å². The summed E-state index contributed by atoms with van der Waals surface area (Å²) in [6.07, 6.45) is 3.38. The van der Waals surface area contributed by atoms with Crippen molar-refractivity contribution in [3.05, 3.63) is 41.1 Å². The lowest BCUT2D eigenvalue weighted by Crippen LogP contribution is -2.16. The standard InChI is InChI=1S/C16H15N5O2/c1-21-15(12(8-17)9-18-21)20-16(23)11-5-6-13-10(7-11)3-2-4-14(22)19-13/h5-7,9H,2-4H2,1H3,(H,19,22)(H,20,23). The van der Waals surface area contributed by atoms with Gasteiger partial charge in [-0.3, -0.25) is 14.3 Å². The van der Waals surface area contributed by atoms with Crippen molar-refractivity contribution in [2.45, 2.75) is 19.3 Å². The van der Waals surface area contributed by atoms with Gasteiger partial charge in [0.25, 0.3) is 5.91 Å². The van der Waals surface area contributed by atoms with E-state index in [-0.39, 0.29) is 11.8 Å². The monoisotopic (exact) mass is 309 g/mol. The van der Waals surface area contributed by atoms with E-state index in [1.807, 2.05) is 6.07 Å². The highest BCUT2D eigenvalue weighted by Crippen LogP contribution is 2.24. The van der Waals surface area contributed by atoms with Crippen LogP contribution < -0.4 is 10.6 Å². The quantitative estimate of drug-likeness (QED) is 0.883. The number of aryl methyl sites for hydroxylation is 2. The van der Waals surface area contributed by atoms with Crippen LogP contribution in [0.1, 0.15) is 34.3 Å². The molecule has 2 aromatic rings. The zero-order chi connectivity index (χ0) is 16.4. The van der Waals surface area contributed by atoms with Crippen LogP contribution in [0.4, 0.5) is 11.5 Å². The summed E-state index contributed by atoms with van der Waals surface area (Å²) in [4.78, 5) is 24.0. The highest BCUT2D eigenvalue weighted by molar-refractivity contribution is 6.05. The zero-order valence-corrected chi connectivity index (χ0v) is 12.6. The van der Waals surface area contributed by atoms with Gasteiger partial charge in [-0.1, -0.05) is 0 Å². The number of hydrogen-bond acceptors (Lipinski definition) is 4. The SMILES string of the molecule is Cn1ncc(C#N)c1NC(=O)c1ccc2c(c1)CCCC(=O)N2. The maximum Gasteiger partial charge on any atom is 0.256 e. The summed E-state index contributed by atoms with van der Waals surface area (Å²) in [7, 11) is 1.66. The molecule has 7 nitrogen and oxygen atoms in total. The molecule has 3 rings (SSSR count). The summed E-state index contributed by atoms with van der Waals surface area (Å²) < 4.78 is 1.44. The van der Waals surface area contributed by atoms with Crippen LogP contribution in [0, 0.1) is 11.3 Å². The van der Waals surface area contributed by atoms with Crippen molar-refractivity contribution >= 4 is 23.3 Å². The summed E-state index contributed by atoms with van der Waals surface area (Å²) in [6.45, 7) is 0. The number of nitrogens with one attached hydrogen (secondary N) is 2. The molecular formula is C16H15N5O2. The average molecular weight is 309 g/mol. The molecule has 7 heteroatoms. The topological polar surface area (TPSA) is 99.8 Å². The molecule has 1 aliphatic heterocycles. The lowest BCUT2D eigenvalue weighted by molar-refractivity contribution is -0.116. The molecule has 0 fully saturated rings. The Kier molecular flexibility index (Phi) is 3.81. The molecule has 1 aliphatic rings. The number of rotatable bonds is 2. The van der Waals surface area contributed by atoms with Gasteiger partial charge in [0.05, 0.1) is 6.20 Å². The predicted octanol–water partition coefficient (Wildman–Crippen LogP) is 1.82. The number of amides is 2. The third-order valence-corrected chi connectivity index (χ3v) is 3.78. The molecule has 2 heterocycles. The van der Waals surface area contributed by atoms with Gasteiger partial charge in [0.15, 0.2) is 0 Å². The number of carbonyl (C=O) groups is 2. The van der Waals surface area contributed by atoms with Gasteiger partial charge in [-0.15, -0.1) is 0 Å². The number of nitriles is 1. The predicted molar refractivity (Wildman–Crippen MR) is 83.9 cm³/mol. The Bertz CT molecular complexity index is 831. The number of fused-ring (bicyclic) bond motifs is 1. The van der Waals surface area contributed by atoms with Crippen LogP contribution in [0.3, 0.4) is 0 Å². The van der Waals surface area contributed by atoms with E-state index in [1.165, 1.54) is 10.9 Å². The summed E-state index contributed by atoms with van der Waals surface area (Å²) >= 11 is 0. The Hall–Kier alpha value is -3.14. The molecule has 0 bridgehead atoms. The van der Waals surface area contributed by atoms with Crippen molar-refractivity contribution in [3.63, 3.8) is 0 Å². The average Bonchev–Trinajstić information content (AvgIpc) is 2.77. The summed E-state index contributed by atoms with van der Waals surface area (Å²) in [6, 6.07) is 7.16. The van der Waals surface area contributed by atoms with Crippen LogP contribution in [0.25, 0.3) is 0 Å². The van der Waals surface area contributed by atoms with Crippen LogP contribution in [0.15, 0.2) is 24.4 Å². The first kappa shape index (κ1) is 14.8. The molecule has 23 heavy (non-hydrogen) atoms. The van der Waals surface area contributed by atoms with Crippen molar-refractivity contribution in [2.24, 2.45) is 7.05 Å². The molecule has 1 aromatic carbocycles. The Labute approximate surface area is 132 Å². The summed E-state index contributed by atoms with van der Waals surface area (Å²) in [5, 5.41) is 18.5. The second kappa shape index (κ2) is 5.93. The first-order valence-electron chi connectivity index (χ1n) is 7.24. The van der Waals surface area contributed by atoms with Gasteiger partial charge in [0.1, 0.15) is 17.5 Å². The number of nitrogens with zero attached hydrogens (tertiary/aromatic N) is 3. The molecule has 2 N–H and O–H groups in total. The smallest absolute Gasteiger partial charge is 0.256 e. The van der Waals surface area contributed by atoms with Crippen molar-refractivity contribution in [1.82, 2.24) is 9.78 Å². The maximum absolute atomic E-state index is 12.4. The fourth-order valence-electron chi connectivity index (χ4n) is 2.56. The molecule has 2 amide bonds. The van der Waals surface area contributed by atoms with Gasteiger partial charge in [0.2, 0.25) is 5.91 Å². The van der Waals surface area contributed by atoms with Crippen molar-refractivity contribution in [2.75, 3.05) is 10.6 Å². The van der Waals surface area contributed by atoms with Crippen molar-refractivity contribution < 1.29 is 9.59 Å². The van der Waals surface area contributed by atoms with Crippen molar-refractivity contribution in [3.8, 4) is 6.07 Å². The van der Waals surface area contributed by atoms with Crippen LogP contribution in [0.5, 0.6) is 0 Å². The second-order valence-electron chi connectivity index (χ2n) is 5.37. The van der Waals surface area contributed by atoms with E-state index in [2.05, 4.69) is 15.7 Å². The minimum atomic E-state index is -0.316. The van der Waals surface area contributed by atoms with Crippen LogP contribution in [-0.2, 0) is 18.3 Å². The molecule has 0 saturated heterocycles. The van der Waals surface area contributed by atoms with Crippen LogP contribution in [0.2, 0.25) is 0 Å². The van der Waals surface area contributed by atoms with Gasteiger partial charge < -0.3 is 10.6 Å². The largest absolute Gasteiger partial charge is 0.326 e. The molecule has 116 valence electrons. The third kappa shape index (κ3) is 2.92. The molecule has 0 aliphatic carbocycles. The highest BCUT2D eigenvalue weighted by atomic mass is 16.2. The molecule has 0 saturated carbocycles. The van der Waals surface area contributed by atoms with E-state index in [9.17, 15) is 9.59 Å². The molecule has 0 radical (unpaired) electrons. The summed E-state index contributed by atoms with van der Waals surface area (Å²) in [5.41, 5.74) is 2.48. The molecular weight excluding hydrogens is 294 g/mol. The normalized spacial score (nSPS) is 13.5. The van der Waals surface area contributed by atoms with E-state index < -0.39 is 0 Å². The van der Waals surface area contributed by atoms with E-state index in [0.717, 1.165) is 24.1 Å². The number of aromatic nitrogens is 2. The van der Waals surface area contributed by atoms with E-state index in [0.29, 0.717) is 23.4 Å². The first-order chi connectivity index (χ1) is 11.1. The van der Waals surface area contributed by atoms with E-state index >= 15 is 0 Å². The van der Waals surface area contributed by atoms with Gasteiger partial charge in [-0.2, -0.15) is 10.4 Å². The number of benzene rings is 1.